The molecule has 1 aliphatic carbocycles. The van der Waals surface area contributed by atoms with Gasteiger partial charge in [0, 0.05) is 54.4 Å². The molecule has 2 aliphatic rings. The van der Waals surface area contributed by atoms with Crippen LogP contribution in [0.1, 0.15) is 29.7 Å². The maximum absolute atomic E-state index is 12.6. The zero-order valence-corrected chi connectivity index (χ0v) is 19.7. The fourth-order valence-electron chi connectivity index (χ4n) is 5.47. The van der Waals surface area contributed by atoms with Crippen LogP contribution in [0.4, 0.5) is 0 Å². The Morgan fingerprint density at radius 1 is 1.00 bits per heavy atom. The number of benzene rings is 1. The molecule has 1 aliphatic heterocycles. The molecule has 7 nitrogen and oxygen atoms in total. The lowest BCUT2D eigenvalue weighted by molar-refractivity contribution is -0.120. The van der Waals surface area contributed by atoms with Crippen LogP contribution in [-0.2, 0) is 24.1 Å². The lowest BCUT2D eigenvalue weighted by atomic mass is 9.85. The molecule has 0 radical (unpaired) electrons. The molecule has 4 aromatic rings. The summed E-state index contributed by atoms with van der Waals surface area (Å²) in [7, 11) is 2.13. The highest BCUT2D eigenvalue weighted by Crippen LogP contribution is 2.37. The molecule has 0 bridgehead atoms. The van der Waals surface area contributed by atoms with Gasteiger partial charge in [0.2, 0.25) is 0 Å². The number of nitrogens with zero attached hydrogens (tertiary/aromatic N) is 5. The van der Waals surface area contributed by atoms with Crippen molar-refractivity contribution in [2.45, 2.75) is 32.1 Å². The van der Waals surface area contributed by atoms with Crippen molar-refractivity contribution in [3.05, 3.63) is 53.5 Å². The number of nitrogens with one attached hydrogen (secondary N) is 1. The summed E-state index contributed by atoms with van der Waals surface area (Å²) >= 11 is 0. The zero-order valence-electron chi connectivity index (χ0n) is 19.7. The molecule has 1 fully saturated rings. The van der Waals surface area contributed by atoms with E-state index in [0.717, 1.165) is 72.4 Å². The van der Waals surface area contributed by atoms with Crippen LogP contribution in [0.15, 0.2) is 36.7 Å². The molecule has 1 aromatic carbocycles. The van der Waals surface area contributed by atoms with Gasteiger partial charge >= 0.3 is 0 Å². The Kier molecular flexibility index (Phi) is 5.59. The number of pyridine rings is 2. The standard InChI is InChI=1S/C27H30N6O/c1-32-10-12-33(13-11-32)17-20(34)14-19-7-6-18(15-28-19)27-22-5-3-2-4-21(22)26-23-16-29-31-24(23)8-9-25(26)30-27/h6-9,15-16H,2-5,10-14,17H2,1H3,(H,29,31). The summed E-state index contributed by atoms with van der Waals surface area (Å²) in [6, 6.07) is 8.24. The number of aromatic nitrogens is 4. The van der Waals surface area contributed by atoms with E-state index in [1.54, 1.807) is 0 Å². The van der Waals surface area contributed by atoms with Gasteiger partial charge in [-0.1, -0.05) is 0 Å². The van der Waals surface area contributed by atoms with Gasteiger partial charge in [0.05, 0.1) is 35.9 Å². The number of ketones is 1. The van der Waals surface area contributed by atoms with Gasteiger partial charge in [0.15, 0.2) is 5.78 Å². The molecule has 174 valence electrons. The Morgan fingerprint density at radius 3 is 2.62 bits per heavy atom. The maximum atomic E-state index is 12.6. The lowest BCUT2D eigenvalue weighted by Gasteiger charge is -2.31. The molecule has 1 saturated heterocycles. The average Bonchev–Trinajstić information content (AvgIpc) is 3.34. The molecule has 7 heteroatoms. The minimum absolute atomic E-state index is 0.232. The smallest absolute Gasteiger partial charge is 0.152 e. The Hall–Kier alpha value is -3.16. The second-order valence-electron chi connectivity index (χ2n) is 9.75. The molecule has 1 N–H and O–H groups in total. The number of hydrogen-bond donors (Lipinski definition) is 1. The highest BCUT2D eigenvalue weighted by molar-refractivity contribution is 6.07. The van der Waals surface area contributed by atoms with Crippen molar-refractivity contribution in [1.82, 2.24) is 30.0 Å². The van der Waals surface area contributed by atoms with Gasteiger partial charge in [-0.05, 0) is 68.1 Å². The Bertz CT molecular complexity index is 1350. The van der Waals surface area contributed by atoms with Gasteiger partial charge in [0.25, 0.3) is 0 Å². The number of rotatable bonds is 5. The third-order valence-corrected chi connectivity index (χ3v) is 7.36. The average molecular weight is 455 g/mol. The maximum Gasteiger partial charge on any atom is 0.152 e. The number of H-pyrrole nitrogens is 1. The van der Waals surface area contributed by atoms with Gasteiger partial charge in [-0.15, -0.1) is 0 Å². The van der Waals surface area contributed by atoms with Gasteiger partial charge in [0.1, 0.15) is 0 Å². The highest BCUT2D eigenvalue weighted by atomic mass is 16.1. The highest BCUT2D eigenvalue weighted by Gasteiger charge is 2.22. The van der Waals surface area contributed by atoms with Gasteiger partial charge in [-0.25, -0.2) is 4.98 Å². The molecular weight excluding hydrogens is 424 g/mol. The van der Waals surface area contributed by atoms with Gasteiger partial charge < -0.3 is 4.90 Å². The van der Waals surface area contributed by atoms with Gasteiger partial charge in [-0.3, -0.25) is 19.8 Å². The molecule has 0 atom stereocenters. The zero-order chi connectivity index (χ0) is 23.1. The van der Waals surface area contributed by atoms with Crippen molar-refractivity contribution in [1.29, 1.82) is 0 Å². The van der Waals surface area contributed by atoms with Gasteiger partial charge in [-0.2, -0.15) is 5.10 Å². The number of hydrogen-bond acceptors (Lipinski definition) is 6. The normalized spacial score (nSPS) is 17.3. The van der Waals surface area contributed by atoms with Crippen molar-refractivity contribution in [2.75, 3.05) is 39.8 Å². The summed E-state index contributed by atoms with van der Waals surface area (Å²) in [5.74, 6) is 0.232. The molecular formula is C27H30N6O. The van der Waals surface area contributed by atoms with Crippen LogP contribution in [0.2, 0.25) is 0 Å². The summed E-state index contributed by atoms with van der Waals surface area (Å²) in [4.78, 5) is 26.9. The van der Waals surface area contributed by atoms with Crippen LogP contribution in [0.5, 0.6) is 0 Å². The first kappa shape index (κ1) is 21.4. The minimum Gasteiger partial charge on any atom is -0.304 e. The van der Waals surface area contributed by atoms with E-state index in [-0.39, 0.29) is 5.78 Å². The van der Waals surface area contributed by atoms with E-state index in [0.29, 0.717) is 13.0 Å². The predicted molar refractivity (Wildman–Crippen MR) is 134 cm³/mol. The molecule has 34 heavy (non-hydrogen) atoms. The Balaban J connectivity index is 1.27. The van der Waals surface area contributed by atoms with E-state index in [2.05, 4.69) is 50.2 Å². The second-order valence-corrected chi connectivity index (χ2v) is 9.75. The minimum atomic E-state index is 0.232. The number of carbonyl (C=O) groups excluding carboxylic acids is 1. The van der Waals surface area contributed by atoms with Crippen LogP contribution in [0.3, 0.4) is 0 Å². The predicted octanol–water partition coefficient (Wildman–Crippen LogP) is 3.41. The summed E-state index contributed by atoms with van der Waals surface area (Å²) in [5.41, 5.74) is 7.71. The number of likely N-dealkylation sites (N-methyl/N-ethyl adjacent to an activating group) is 1. The number of Topliss-reactive ketones (excluding diaryl/α,β-unsaturated/α-hetero) is 1. The number of piperazine rings is 1. The van der Waals surface area contributed by atoms with E-state index in [9.17, 15) is 4.79 Å². The number of carbonyl (C=O) groups is 1. The lowest BCUT2D eigenvalue weighted by Crippen LogP contribution is -2.46. The topological polar surface area (TPSA) is 78.0 Å². The SMILES string of the molecule is CN1CCN(CC(=O)Cc2ccc(-c3nc4ccc5[nH]ncc5c4c4c3CCCC4)cn2)CC1. The third kappa shape index (κ3) is 3.99. The second kappa shape index (κ2) is 8.89. The molecule has 3 aromatic heterocycles. The molecule has 4 heterocycles. The van der Waals surface area contributed by atoms with Crippen molar-refractivity contribution in [3.63, 3.8) is 0 Å². The largest absolute Gasteiger partial charge is 0.304 e. The van der Waals surface area contributed by atoms with Crippen LogP contribution < -0.4 is 0 Å². The van der Waals surface area contributed by atoms with Crippen molar-refractivity contribution < 1.29 is 4.79 Å². The van der Waals surface area contributed by atoms with E-state index in [1.807, 2.05) is 18.5 Å². The number of aryl methyl sites for hydroxylation is 1. The summed E-state index contributed by atoms with van der Waals surface area (Å²) in [6.07, 6.45) is 8.69. The molecule has 0 spiro atoms. The quantitative estimate of drug-likeness (QED) is 0.498. The monoisotopic (exact) mass is 454 g/mol. The fraction of sp³-hybridized carbons (Fsp3) is 0.407. The number of fused-ring (bicyclic) bond motifs is 5. The van der Waals surface area contributed by atoms with Crippen LogP contribution in [-0.4, -0.2) is 75.5 Å². The first-order valence-electron chi connectivity index (χ1n) is 12.3. The van der Waals surface area contributed by atoms with Crippen molar-refractivity contribution in [3.8, 4) is 11.3 Å². The van der Waals surface area contributed by atoms with Crippen molar-refractivity contribution >= 4 is 27.6 Å². The Labute approximate surface area is 199 Å². The summed E-state index contributed by atoms with van der Waals surface area (Å²) < 4.78 is 0. The van der Waals surface area contributed by atoms with Crippen molar-refractivity contribution in [2.24, 2.45) is 0 Å². The molecule has 0 saturated carbocycles. The van der Waals surface area contributed by atoms with E-state index >= 15 is 0 Å². The van der Waals surface area contributed by atoms with E-state index < -0.39 is 0 Å². The summed E-state index contributed by atoms with van der Waals surface area (Å²) in [6.45, 7) is 4.47. The molecule has 0 amide bonds. The first-order chi connectivity index (χ1) is 16.7. The first-order valence-corrected chi connectivity index (χ1v) is 12.3. The third-order valence-electron chi connectivity index (χ3n) is 7.36. The summed E-state index contributed by atoms with van der Waals surface area (Å²) in [5, 5.41) is 9.75. The van der Waals surface area contributed by atoms with Crippen LogP contribution in [0, 0.1) is 0 Å². The fourth-order valence-corrected chi connectivity index (χ4v) is 5.47. The molecule has 6 rings (SSSR count). The van der Waals surface area contributed by atoms with E-state index in [4.69, 9.17) is 4.98 Å². The van der Waals surface area contributed by atoms with Crippen LogP contribution >= 0.6 is 0 Å². The Morgan fingerprint density at radius 2 is 1.82 bits per heavy atom. The molecule has 0 unspecified atom stereocenters. The number of aromatic amines is 1. The van der Waals surface area contributed by atoms with Crippen LogP contribution in [0.25, 0.3) is 33.1 Å². The van der Waals surface area contributed by atoms with E-state index in [1.165, 1.54) is 29.4 Å².